The van der Waals surface area contributed by atoms with Gasteiger partial charge in [-0.25, -0.2) is 4.39 Å². The number of fused-ring (bicyclic) bond motifs is 3. The Balaban J connectivity index is 2.23. The van der Waals surface area contributed by atoms with Gasteiger partial charge in [0.2, 0.25) is 0 Å². The number of hydrogen-bond acceptors (Lipinski definition) is 1. The van der Waals surface area contributed by atoms with E-state index in [9.17, 15) is 9.18 Å². The molecule has 0 saturated heterocycles. The summed E-state index contributed by atoms with van der Waals surface area (Å²) in [5, 5.41) is 0.682. The third-order valence-electron chi connectivity index (χ3n) is 4.55. The number of Topliss-reactive ketones (excluding diaryl/α,β-unsaturated/α-hetero) is 1. The average molecular weight is 317 g/mol. The van der Waals surface area contributed by atoms with Crippen molar-refractivity contribution >= 4 is 17.4 Å². The van der Waals surface area contributed by atoms with E-state index in [1.54, 1.807) is 13.0 Å². The minimum absolute atomic E-state index is 0.146. The zero-order valence-electron chi connectivity index (χ0n) is 13.0. The van der Waals surface area contributed by atoms with Gasteiger partial charge in [0.1, 0.15) is 11.6 Å². The molecule has 0 heterocycles. The molecule has 0 N–H and O–H groups in total. The molecule has 0 bridgehead atoms. The molecule has 1 nitrogen and oxygen atoms in total. The van der Waals surface area contributed by atoms with Crippen LogP contribution in [0.1, 0.15) is 43.9 Å². The number of carbonyl (C=O) groups excluding carboxylic acids is 1. The van der Waals surface area contributed by atoms with Crippen LogP contribution in [-0.2, 0) is 16.6 Å². The monoisotopic (exact) mass is 316 g/mol. The predicted molar refractivity (Wildman–Crippen MR) is 88.0 cm³/mol. The van der Waals surface area contributed by atoms with Crippen molar-refractivity contribution in [3.8, 4) is 11.1 Å². The predicted octanol–water partition coefficient (Wildman–Crippen LogP) is 5.31. The summed E-state index contributed by atoms with van der Waals surface area (Å²) < 4.78 is 13.7. The number of carbonyl (C=O) groups is 1. The van der Waals surface area contributed by atoms with Gasteiger partial charge in [-0.1, -0.05) is 37.6 Å². The molecule has 3 heteroatoms. The first kappa shape index (κ1) is 15.2. The van der Waals surface area contributed by atoms with Gasteiger partial charge >= 0.3 is 0 Å². The van der Waals surface area contributed by atoms with Gasteiger partial charge in [0.05, 0.1) is 0 Å². The summed E-state index contributed by atoms with van der Waals surface area (Å²) in [6, 6.07) is 8.82. The summed E-state index contributed by atoms with van der Waals surface area (Å²) in [7, 11) is 0. The van der Waals surface area contributed by atoms with Crippen molar-refractivity contribution in [3.63, 3.8) is 0 Å². The van der Waals surface area contributed by atoms with Crippen molar-refractivity contribution in [2.45, 2.75) is 39.0 Å². The Morgan fingerprint density at radius 1 is 1.18 bits per heavy atom. The molecule has 0 aliphatic heterocycles. The lowest BCUT2D eigenvalue weighted by molar-refractivity contribution is -0.116. The van der Waals surface area contributed by atoms with Gasteiger partial charge < -0.3 is 4.79 Å². The van der Waals surface area contributed by atoms with E-state index in [4.69, 9.17) is 11.6 Å². The van der Waals surface area contributed by atoms with Crippen molar-refractivity contribution in [1.82, 2.24) is 0 Å². The smallest absolute Gasteiger partial charge is 0.130 e. The van der Waals surface area contributed by atoms with Gasteiger partial charge in [0, 0.05) is 16.9 Å². The van der Waals surface area contributed by atoms with E-state index in [1.807, 2.05) is 18.2 Å². The average Bonchev–Trinajstić information content (AvgIpc) is 2.66. The molecule has 3 rings (SSSR count). The molecule has 0 fully saturated rings. The summed E-state index contributed by atoms with van der Waals surface area (Å²) in [4.78, 5) is 11.4. The number of rotatable bonds is 3. The normalized spacial score (nSPS) is 14.6. The molecule has 2 aromatic carbocycles. The number of ketones is 1. The molecule has 0 aromatic heterocycles. The SMILES string of the molecule is CC(=O)CCc1c(Cl)ccc2c1C(C)(C)c1cc(F)ccc1-2. The van der Waals surface area contributed by atoms with Crippen molar-refractivity contribution in [3.05, 3.63) is 57.9 Å². The number of hydrogen-bond donors (Lipinski definition) is 0. The molecule has 1 aliphatic rings. The first-order valence-corrected chi connectivity index (χ1v) is 7.82. The van der Waals surface area contributed by atoms with Crippen LogP contribution in [-0.4, -0.2) is 5.78 Å². The number of benzene rings is 2. The first-order chi connectivity index (χ1) is 10.3. The molecule has 22 heavy (non-hydrogen) atoms. The number of halogens is 2. The van der Waals surface area contributed by atoms with E-state index < -0.39 is 0 Å². The van der Waals surface area contributed by atoms with Crippen molar-refractivity contribution < 1.29 is 9.18 Å². The van der Waals surface area contributed by atoms with Crippen LogP contribution >= 0.6 is 11.6 Å². The standard InChI is InChI=1S/C19H18ClFO/c1-11(22)4-6-15-17(20)9-8-14-13-7-5-12(21)10-16(13)19(2,3)18(14)15/h5,7-10H,4,6H2,1-3H3. The van der Waals surface area contributed by atoms with Crippen LogP contribution < -0.4 is 0 Å². The highest BCUT2D eigenvalue weighted by atomic mass is 35.5. The van der Waals surface area contributed by atoms with E-state index in [0.717, 1.165) is 27.8 Å². The lowest BCUT2D eigenvalue weighted by Gasteiger charge is -2.25. The highest BCUT2D eigenvalue weighted by Crippen LogP contribution is 2.51. The fourth-order valence-electron chi connectivity index (χ4n) is 3.51. The molecule has 0 saturated carbocycles. The van der Waals surface area contributed by atoms with Crippen molar-refractivity contribution in [2.75, 3.05) is 0 Å². The van der Waals surface area contributed by atoms with Gasteiger partial charge in [0.25, 0.3) is 0 Å². The molecule has 1 aliphatic carbocycles. The fourth-order valence-corrected chi connectivity index (χ4v) is 3.76. The van der Waals surface area contributed by atoms with Crippen LogP contribution in [0.3, 0.4) is 0 Å². The zero-order valence-corrected chi connectivity index (χ0v) is 13.7. The Labute approximate surface area is 135 Å². The maximum Gasteiger partial charge on any atom is 0.130 e. The van der Waals surface area contributed by atoms with Crippen molar-refractivity contribution in [2.24, 2.45) is 0 Å². The van der Waals surface area contributed by atoms with Crippen LogP contribution in [0, 0.1) is 5.82 Å². The van der Waals surface area contributed by atoms with Gasteiger partial charge in [-0.2, -0.15) is 0 Å². The highest BCUT2D eigenvalue weighted by Gasteiger charge is 2.38. The third-order valence-corrected chi connectivity index (χ3v) is 4.91. The topological polar surface area (TPSA) is 17.1 Å². The second-order valence-corrected chi connectivity index (χ2v) is 6.87. The Kier molecular flexibility index (Phi) is 3.60. The minimum Gasteiger partial charge on any atom is -0.300 e. The van der Waals surface area contributed by atoms with Gasteiger partial charge in [0.15, 0.2) is 0 Å². The second-order valence-electron chi connectivity index (χ2n) is 6.47. The van der Waals surface area contributed by atoms with Gasteiger partial charge in [-0.15, -0.1) is 0 Å². The third kappa shape index (κ3) is 2.26. The van der Waals surface area contributed by atoms with Gasteiger partial charge in [-0.3, -0.25) is 0 Å². The van der Waals surface area contributed by atoms with Gasteiger partial charge in [-0.05, 0) is 59.4 Å². The molecule has 0 radical (unpaired) electrons. The Morgan fingerprint density at radius 3 is 2.55 bits per heavy atom. The van der Waals surface area contributed by atoms with E-state index in [2.05, 4.69) is 13.8 Å². The molecular weight excluding hydrogens is 299 g/mol. The lowest BCUT2D eigenvalue weighted by Crippen LogP contribution is -2.18. The molecule has 0 amide bonds. The Bertz CT molecular complexity index is 777. The van der Waals surface area contributed by atoms with E-state index in [0.29, 0.717) is 17.9 Å². The maximum atomic E-state index is 13.7. The zero-order chi connectivity index (χ0) is 16.1. The summed E-state index contributed by atoms with van der Waals surface area (Å²) in [6.45, 7) is 5.77. The van der Waals surface area contributed by atoms with Crippen LogP contribution in [0.15, 0.2) is 30.3 Å². The fraction of sp³-hybridized carbons (Fsp3) is 0.316. The highest BCUT2D eigenvalue weighted by molar-refractivity contribution is 6.31. The minimum atomic E-state index is -0.316. The van der Waals surface area contributed by atoms with E-state index in [1.165, 1.54) is 6.07 Å². The summed E-state index contributed by atoms with van der Waals surface area (Å²) in [5.74, 6) is -0.0796. The summed E-state index contributed by atoms with van der Waals surface area (Å²) in [5.41, 5.74) is 4.96. The Hall–Kier alpha value is -1.67. The second kappa shape index (κ2) is 5.20. The molecule has 2 aromatic rings. The summed E-state index contributed by atoms with van der Waals surface area (Å²) in [6.07, 6.45) is 1.09. The van der Waals surface area contributed by atoms with Crippen LogP contribution in [0.5, 0.6) is 0 Å². The van der Waals surface area contributed by atoms with Crippen molar-refractivity contribution in [1.29, 1.82) is 0 Å². The van der Waals surface area contributed by atoms with E-state index in [-0.39, 0.29) is 17.0 Å². The maximum absolute atomic E-state index is 13.7. The van der Waals surface area contributed by atoms with Crippen LogP contribution in [0.25, 0.3) is 11.1 Å². The molecule has 0 spiro atoms. The Morgan fingerprint density at radius 2 is 1.86 bits per heavy atom. The lowest BCUT2D eigenvalue weighted by atomic mass is 9.79. The molecule has 114 valence electrons. The molecule has 0 atom stereocenters. The molecule has 0 unspecified atom stereocenters. The van der Waals surface area contributed by atoms with Crippen LogP contribution in [0.4, 0.5) is 4.39 Å². The van der Waals surface area contributed by atoms with Crippen LogP contribution in [0.2, 0.25) is 5.02 Å². The largest absolute Gasteiger partial charge is 0.300 e. The van der Waals surface area contributed by atoms with E-state index >= 15 is 0 Å². The quantitative estimate of drug-likeness (QED) is 0.750. The summed E-state index contributed by atoms with van der Waals surface area (Å²) >= 11 is 6.41. The molecular formula is C19H18ClFO. The first-order valence-electron chi connectivity index (χ1n) is 7.44.